The number of amides is 1. The second-order valence-corrected chi connectivity index (χ2v) is 4.75. The molecule has 0 heterocycles. The van der Waals surface area contributed by atoms with Gasteiger partial charge in [0.1, 0.15) is 0 Å². The average Bonchev–Trinajstić information content (AvgIpc) is 2.24. The molecule has 0 saturated carbocycles. The summed E-state index contributed by atoms with van der Waals surface area (Å²) in [5.74, 6) is -0.00239. The van der Waals surface area contributed by atoms with Crippen molar-refractivity contribution in [2.24, 2.45) is 0 Å². The standard InChI is InChI=1S/C13H19ClN2O/c1-5-12(16(3)4)13(17)15-10-7-6-9(2)11(14)8-10/h6-8,12H,5H2,1-4H3,(H,15,17). The van der Waals surface area contributed by atoms with Crippen LogP contribution in [0.4, 0.5) is 5.69 Å². The highest BCUT2D eigenvalue weighted by Crippen LogP contribution is 2.20. The molecule has 1 N–H and O–H groups in total. The van der Waals surface area contributed by atoms with Crippen LogP contribution in [0.25, 0.3) is 0 Å². The van der Waals surface area contributed by atoms with Gasteiger partial charge in [-0.25, -0.2) is 0 Å². The molecule has 1 aromatic rings. The molecule has 0 aromatic heterocycles. The van der Waals surface area contributed by atoms with Gasteiger partial charge in [-0.3, -0.25) is 9.69 Å². The van der Waals surface area contributed by atoms with E-state index in [4.69, 9.17) is 11.6 Å². The molecule has 94 valence electrons. The van der Waals surface area contributed by atoms with E-state index in [-0.39, 0.29) is 11.9 Å². The number of nitrogens with zero attached hydrogens (tertiary/aromatic N) is 1. The first-order chi connectivity index (χ1) is 7.95. The highest BCUT2D eigenvalue weighted by molar-refractivity contribution is 6.31. The summed E-state index contributed by atoms with van der Waals surface area (Å²) in [4.78, 5) is 13.9. The number of aryl methyl sites for hydroxylation is 1. The highest BCUT2D eigenvalue weighted by Gasteiger charge is 2.18. The number of halogens is 1. The lowest BCUT2D eigenvalue weighted by Crippen LogP contribution is -2.39. The summed E-state index contributed by atoms with van der Waals surface area (Å²) in [6, 6.07) is 5.42. The Kier molecular flexibility index (Phi) is 4.97. The third-order valence-corrected chi connectivity index (χ3v) is 3.16. The van der Waals surface area contributed by atoms with Crippen LogP contribution >= 0.6 is 11.6 Å². The van der Waals surface area contributed by atoms with E-state index in [9.17, 15) is 4.79 Å². The van der Waals surface area contributed by atoms with E-state index in [2.05, 4.69) is 5.32 Å². The van der Waals surface area contributed by atoms with Crippen LogP contribution in [-0.4, -0.2) is 30.9 Å². The zero-order chi connectivity index (χ0) is 13.0. The number of hydrogen-bond donors (Lipinski definition) is 1. The van der Waals surface area contributed by atoms with Gasteiger partial charge in [0, 0.05) is 10.7 Å². The van der Waals surface area contributed by atoms with Crippen molar-refractivity contribution in [1.82, 2.24) is 4.90 Å². The Bertz CT molecular complexity index is 404. The maximum absolute atomic E-state index is 12.0. The minimum atomic E-state index is -0.116. The van der Waals surface area contributed by atoms with E-state index in [1.165, 1.54) is 0 Å². The van der Waals surface area contributed by atoms with E-state index in [1.54, 1.807) is 6.07 Å². The Hall–Kier alpha value is -1.06. The molecule has 0 spiro atoms. The summed E-state index contributed by atoms with van der Waals surface area (Å²) in [6.07, 6.45) is 0.776. The molecule has 17 heavy (non-hydrogen) atoms. The molecule has 1 unspecified atom stereocenters. The van der Waals surface area contributed by atoms with Gasteiger partial charge in [-0.2, -0.15) is 0 Å². The molecule has 3 nitrogen and oxygen atoms in total. The average molecular weight is 255 g/mol. The molecule has 0 aliphatic heterocycles. The maximum Gasteiger partial charge on any atom is 0.241 e. The molecular formula is C13H19ClN2O. The molecule has 1 rings (SSSR count). The van der Waals surface area contributed by atoms with Gasteiger partial charge in [-0.05, 0) is 45.1 Å². The largest absolute Gasteiger partial charge is 0.325 e. The van der Waals surface area contributed by atoms with Crippen LogP contribution in [0.5, 0.6) is 0 Å². The summed E-state index contributed by atoms with van der Waals surface area (Å²) in [7, 11) is 3.80. The zero-order valence-electron chi connectivity index (χ0n) is 10.7. The van der Waals surface area contributed by atoms with Crippen LogP contribution in [0.2, 0.25) is 5.02 Å². The number of carbonyl (C=O) groups excluding carboxylic acids is 1. The van der Waals surface area contributed by atoms with Crippen LogP contribution in [-0.2, 0) is 4.79 Å². The van der Waals surface area contributed by atoms with Crippen molar-refractivity contribution in [2.45, 2.75) is 26.3 Å². The summed E-state index contributed by atoms with van der Waals surface area (Å²) < 4.78 is 0. The van der Waals surface area contributed by atoms with E-state index in [1.807, 2.05) is 45.0 Å². The quantitative estimate of drug-likeness (QED) is 0.896. The summed E-state index contributed by atoms with van der Waals surface area (Å²) in [5.41, 5.74) is 1.75. The number of likely N-dealkylation sites (N-methyl/N-ethyl adjacent to an activating group) is 1. The van der Waals surface area contributed by atoms with Gasteiger partial charge in [0.25, 0.3) is 0 Å². The molecule has 0 aliphatic rings. The summed E-state index contributed by atoms with van der Waals surface area (Å²) >= 11 is 6.01. The van der Waals surface area contributed by atoms with Crippen molar-refractivity contribution in [3.8, 4) is 0 Å². The smallest absolute Gasteiger partial charge is 0.241 e. The van der Waals surface area contributed by atoms with E-state index in [0.717, 1.165) is 17.7 Å². The normalized spacial score (nSPS) is 12.6. The lowest BCUT2D eigenvalue weighted by Gasteiger charge is -2.21. The highest BCUT2D eigenvalue weighted by atomic mass is 35.5. The Morgan fingerprint density at radius 3 is 2.59 bits per heavy atom. The summed E-state index contributed by atoms with van der Waals surface area (Å²) in [6.45, 7) is 3.93. The van der Waals surface area contributed by atoms with Crippen molar-refractivity contribution >= 4 is 23.2 Å². The third kappa shape index (κ3) is 3.72. The number of carbonyl (C=O) groups is 1. The Balaban J connectivity index is 2.77. The maximum atomic E-state index is 12.0. The van der Waals surface area contributed by atoms with Crippen molar-refractivity contribution < 1.29 is 4.79 Å². The minimum absolute atomic E-state index is 0.00239. The zero-order valence-corrected chi connectivity index (χ0v) is 11.5. The van der Waals surface area contributed by atoms with Gasteiger partial charge in [-0.1, -0.05) is 24.6 Å². The van der Waals surface area contributed by atoms with Crippen molar-refractivity contribution in [3.63, 3.8) is 0 Å². The molecular weight excluding hydrogens is 236 g/mol. The molecule has 0 aliphatic carbocycles. The van der Waals surface area contributed by atoms with Crippen LogP contribution in [0.15, 0.2) is 18.2 Å². The van der Waals surface area contributed by atoms with Crippen molar-refractivity contribution in [3.05, 3.63) is 28.8 Å². The lowest BCUT2D eigenvalue weighted by molar-refractivity contribution is -0.120. The second-order valence-electron chi connectivity index (χ2n) is 4.34. The fraction of sp³-hybridized carbons (Fsp3) is 0.462. The van der Waals surface area contributed by atoms with Crippen molar-refractivity contribution in [2.75, 3.05) is 19.4 Å². The van der Waals surface area contributed by atoms with Gasteiger partial charge in [0.05, 0.1) is 6.04 Å². The monoisotopic (exact) mass is 254 g/mol. The predicted octanol–water partition coefficient (Wildman–Crippen LogP) is 2.93. The number of hydrogen-bond acceptors (Lipinski definition) is 2. The minimum Gasteiger partial charge on any atom is -0.325 e. The summed E-state index contributed by atoms with van der Waals surface area (Å²) in [5, 5.41) is 3.54. The van der Waals surface area contributed by atoms with Crippen molar-refractivity contribution in [1.29, 1.82) is 0 Å². The van der Waals surface area contributed by atoms with Gasteiger partial charge in [-0.15, -0.1) is 0 Å². The SMILES string of the molecule is CCC(C(=O)Nc1ccc(C)c(Cl)c1)N(C)C. The fourth-order valence-electron chi connectivity index (χ4n) is 1.68. The van der Waals surface area contributed by atoms with E-state index in [0.29, 0.717) is 5.02 Å². The Labute approximate surface area is 108 Å². The molecule has 1 atom stereocenters. The van der Waals surface area contributed by atoms with Gasteiger partial charge < -0.3 is 5.32 Å². The lowest BCUT2D eigenvalue weighted by atomic mass is 10.1. The number of rotatable bonds is 4. The van der Waals surface area contributed by atoms with Crippen LogP contribution in [0, 0.1) is 6.92 Å². The van der Waals surface area contributed by atoms with Crippen LogP contribution < -0.4 is 5.32 Å². The first kappa shape index (κ1) is 14.0. The first-order valence-corrected chi connectivity index (χ1v) is 6.07. The number of benzene rings is 1. The van der Waals surface area contributed by atoms with Crippen LogP contribution in [0.3, 0.4) is 0 Å². The molecule has 0 radical (unpaired) electrons. The number of nitrogens with one attached hydrogen (secondary N) is 1. The van der Waals surface area contributed by atoms with Gasteiger partial charge in [0.15, 0.2) is 0 Å². The topological polar surface area (TPSA) is 32.3 Å². The van der Waals surface area contributed by atoms with Gasteiger partial charge in [0.2, 0.25) is 5.91 Å². The number of anilines is 1. The van der Waals surface area contributed by atoms with Gasteiger partial charge >= 0.3 is 0 Å². The molecule has 0 bridgehead atoms. The van der Waals surface area contributed by atoms with E-state index >= 15 is 0 Å². The molecule has 1 amide bonds. The third-order valence-electron chi connectivity index (χ3n) is 2.75. The first-order valence-electron chi connectivity index (χ1n) is 5.69. The van der Waals surface area contributed by atoms with E-state index < -0.39 is 0 Å². The molecule has 4 heteroatoms. The second kappa shape index (κ2) is 6.03. The molecule has 0 saturated heterocycles. The molecule has 0 fully saturated rings. The Morgan fingerprint density at radius 2 is 2.12 bits per heavy atom. The fourth-order valence-corrected chi connectivity index (χ4v) is 1.86. The molecule has 1 aromatic carbocycles. The predicted molar refractivity (Wildman–Crippen MR) is 72.6 cm³/mol. The van der Waals surface area contributed by atoms with Crippen LogP contribution in [0.1, 0.15) is 18.9 Å². The Morgan fingerprint density at radius 1 is 1.47 bits per heavy atom.